The van der Waals surface area contributed by atoms with Crippen molar-refractivity contribution < 1.29 is 0 Å². The van der Waals surface area contributed by atoms with E-state index in [4.69, 9.17) is 5.84 Å². The highest BCUT2D eigenvalue weighted by atomic mass is 15.3. The van der Waals surface area contributed by atoms with Crippen molar-refractivity contribution in [2.45, 2.75) is 39.2 Å². The third kappa shape index (κ3) is 2.87. The van der Waals surface area contributed by atoms with Crippen molar-refractivity contribution in [1.29, 1.82) is 0 Å². The number of hydrogen-bond acceptors (Lipinski definition) is 3. The van der Waals surface area contributed by atoms with Crippen LogP contribution in [0.3, 0.4) is 0 Å². The molecule has 4 nitrogen and oxygen atoms in total. The average molecular weight is 236 g/mol. The summed E-state index contributed by atoms with van der Waals surface area (Å²) in [7, 11) is 1.95. The van der Waals surface area contributed by atoms with Crippen molar-refractivity contribution in [2.24, 2.45) is 30.6 Å². The molecule has 96 valence electrons. The van der Waals surface area contributed by atoms with Crippen molar-refractivity contribution in [3.8, 4) is 0 Å². The first-order valence-corrected chi connectivity index (χ1v) is 6.54. The summed E-state index contributed by atoms with van der Waals surface area (Å²) < 4.78 is 1.84. The molecule has 1 aliphatic rings. The van der Waals surface area contributed by atoms with Gasteiger partial charge in [0.15, 0.2) is 0 Å². The maximum Gasteiger partial charge on any atom is 0.0538 e. The lowest BCUT2D eigenvalue weighted by atomic mass is 9.73. The Morgan fingerprint density at radius 3 is 2.47 bits per heavy atom. The van der Waals surface area contributed by atoms with Gasteiger partial charge in [-0.1, -0.05) is 13.8 Å². The second-order valence-electron chi connectivity index (χ2n) is 5.77. The maximum atomic E-state index is 5.75. The van der Waals surface area contributed by atoms with Gasteiger partial charge in [-0.25, -0.2) is 0 Å². The van der Waals surface area contributed by atoms with Crippen LogP contribution in [0.1, 0.15) is 44.7 Å². The molecular weight excluding hydrogens is 212 g/mol. The van der Waals surface area contributed by atoms with Crippen LogP contribution in [0.2, 0.25) is 0 Å². The molecule has 2 rings (SSSR count). The van der Waals surface area contributed by atoms with Crippen LogP contribution in [-0.2, 0) is 7.05 Å². The lowest BCUT2D eigenvalue weighted by molar-refractivity contribution is 0.177. The van der Waals surface area contributed by atoms with Crippen molar-refractivity contribution in [1.82, 2.24) is 15.2 Å². The Balaban J connectivity index is 2.12. The number of rotatable bonds is 3. The van der Waals surface area contributed by atoms with Gasteiger partial charge in [-0.15, -0.1) is 0 Å². The van der Waals surface area contributed by atoms with Gasteiger partial charge < -0.3 is 0 Å². The summed E-state index contributed by atoms with van der Waals surface area (Å²) in [6, 6.07) is 0.244. The first-order valence-electron chi connectivity index (χ1n) is 6.54. The molecule has 0 radical (unpaired) electrons. The van der Waals surface area contributed by atoms with Gasteiger partial charge in [0.2, 0.25) is 0 Å². The lowest BCUT2D eigenvalue weighted by Crippen LogP contribution is -2.36. The predicted octanol–water partition coefficient (Wildman–Crippen LogP) is 2.00. The minimum atomic E-state index is 0.244. The molecule has 1 fully saturated rings. The summed E-state index contributed by atoms with van der Waals surface area (Å²) in [5.74, 6) is 7.98. The topological polar surface area (TPSA) is 55.9 Å². The lowest BCUT2D eigenvalue weighted by Gasteiger charge is -2.35. The number of nitrogens with zero attached hydrogens (tertiary/aromatic N) is 2. The Kier molecular flexibility index (Phi) is 3.84. The Morgan fingerprint density at radius 2 is 2.00 bits per heavy atom. The summed E-state index contributed by atoms with van der Waals surface area (Å²) in [6.07, 6.45) is 7.85. The van der Waals surface area contributed by atoms with E-state index in [1.807, 2.05) is 17.9 Å². The van der Waals surface area contributed by atoms with Crippen LogP contribution in [-0.4, -0.2) is 9.78 Å². The molecule has 0 spiro atoms. The fourth-order valence-corrected chi connectivity index (χ4v) is 3.39. The average Bonchev–Trinajstić information content (AvgIpc) is 2.64. The van der Waals surface area contributed by atoms with Gasteiger partial charge in [-0.05, 0) is 37.0 Å². The Morgan fingerprint density at radius 1 is 1.35 bits per heavy atom. The molecular formula is C13H24N4. The maximum absolute atomic E-state index is 5.75. The van der Waals surface area contributed by atoms with Crippen molar-refractivity contribution >= 4 is 0 Å². The fourth-order valence-electron chi connectivity index (χ4n) is 3.39. The Bertz CT molecular complexity index is 350. The zero-order valence-electron chi connectivity index (χ0n) is 11.1. The van der Waals surface area contributed by atoms with Crippen LogP contribution in [0.4, 0.5) is 0 Å². The first kappa shape index (κ1) is 12.6. The van der Waals surface area contributed by atoms with E-state index < -0.39 is 0 Å². The number of hydrogen-bond donors (Lipinski definition) is 2. The van der Waals surface area contributed by atoms with Gasteiger partial charge in [0.05, 0.1) is 12.2 Å². The predicted molar refractivity (Wildman–Crippen MR) is 68.9 cm³/mol. The molecule has 0 aliphatic heterocycles. The van der Waals surface area contributed by atoms with E-state index in [9.17, 15) is 0 Å². The molecule has 0 amide bonds. The molecule has 1 saturated carbocycles. The van der Waals surface area contributed by atoms with Crippen LogP contribution in [0, 0.1) is 17.8 Å². The van der Waals surface area contributed by atoms with Crippen LogP contribution in [0.25, 0.3) is 0 Å². The van der Waals surface area contributed by atoms with E-state index >= 15 is 0 Å². The third-order valence-electron chi connectivity index (χ3n) is 3.95. The number of aryl methyl sites for hydroxylation is 1. The zero-order valence-corrected chi connectivity index (χ0v) is 11.1. The van der Waals surface area contributed by atoms with Crippen molar-refractivity contribution in [2.75, 3.05) is 0 Å². The molecule has 1 aliphatic carbocycles. The van der Waals surface area contributed by atoms with Crippen molar-refractivity contribution in [3.05, 3.63) is 18.0 Å². The van der Waals surface area contributed by atoms with Crippen LogP contribution in [0.15, 0.2) is 12.4 Å². The molecule has 3 atom stereocenters. The van der Waals surface area contributed by atoms with E-state index in [0.717, 1.165) is 11.8 Å². The van der Waals surface area contributed by atoms with E-state index in [2.05, 4.69) is 30.6 Å². The third-order valence-corrected chi connectivity index (χ3v) is 3.95. The molecule has 3 N–H and O–H groups in total. The van der Waals surface area contributed by atoms with Gasteiger partial charge in [-0.3, -0.25) is 16.0 Å². The quantitative estimate of drug-likeness (QED) is 0.623. The van der Waals surface area contributed by atoms with E-state index in [1.165, 1.54) is 24.8 Å². The molecule has 17 heavy (non-hydrogen) atoms. The summed E-state index contributed by atoms with van der Waals surface area (Å²) in [5, 5.41) is 4.24. The van der Waals surface area contributed by atoms with Crippen LogP contribution < -0.4 is 11.3 Å². The Hall–Kier alpha value is -0.870. The highest BCUT2D eigenvalue weighted by molar-refractivity contribution is 5.12. The zero-order chi connectivity index (χ0) is 12.4. The second kappa shape index (κ2) is 5.19. The van der Waals surface area contributed by atoms with Gasteiger partial charge in [0.1, 0.15) is 0 Å². The van der Waals surface area contributed by atoms with Crippen LogP contribution >= 0.6 is 0 Å². The molecule has 0 saturated heterocycles. The van der Waals surface area contributed by atoms with Gasteiger partial charge in [0.25, 0.3) is 0 Å². The number of aromatic nitrogens is 2. The first-order chi connectivity index (χ1) is 8.10. The monoisotopic (exact) mass is 236 g/mol. The minimum Gasteiger partial charge on any atom is -0.275 e. The molecule has 0 bridgehead atoms. The molecule has 3 unspecified atom stereocenters. The highest BCUT2D eigenvalue weighted by Gasteiger charge is 2.30. The number of nitrogens with one attached hydrogen (secondary N) is 1. The standard InChI is InChI=1S/C13H24N4/c1-9-4-10(2)6-11(5-9)13(16-14)12-7-15-17(3)8-12/h7-11,13,16H,4-6,14H2,1-3H3. The summed E-state index contributed by atoms with van der Waals surface area (Å²) >= 11 is 0. The summed E-state index contributed by atoms with van der Waals surface area (Å²) in [6.45, 7) is 4.69. The molecule has 4 heteroatoms. The van der Waals surface area contributed by atoms with Gasteiger partial charge in [0, 0.05) is 18.8 Å². The fraction of sp³-hybridized carbons (Fsp3) is 0.769. The number of nitrogens with two attached hydrogens (primary N) is 1. The Labute approximate surface area is 104 Å². The van der Waals surface area contributed by atoms with E-state index in [1.54, 1.807) is 0 Å². The molecule has 1 aromatic rings. The van der Waals surface area contributed by atoms with Gasteiger partial charge >= 0.3 is 0 Å². The molecule has 0 aromatic carbocycles. The molecule has 1 heterocycles. The smallest absolute Gasteiger partial charge is 0.0538 e. The second-order valence-corrected chi connectivity index (χ2v) is 5.77. The summed E-state index contributed by atoms with van der Waals surface area (Å²) in [5.41, 5.74) is 4.20. The largest absolute Gasteiger partial charge is 0.275 e. The van der Waals surface area contributed by atoms with Crippen molar-refractivity contribution in [3.63, 3.8) is 0 Å². The SMILES string of the molecule is CC1CC(C)CC(C(NN)c2cnn(C)c2)C1. The summed E-state index contributed by atoms with van der Waals surface area (Å²) in [4.78, 5) is 0. The van der Waals surface area contributed by atoms with Crippen LogP contribution in [0.5, 0.6) is 0 Å². The molecule has 1 aromatic heterocycles. The van der Waals surface area contributed by atoms with E-state index in [0.29, 0.717) is 5.92 Å². The van der Waals surface area contributed by atoms with E-state index in [-0.39, 0.29) is 6.04 Å². The minimum absolute atomic E-state index is 0.244. The normalized spacial score (nSPS) is 31.4. The van der Waals surface area contributed by atoms with Gasteiger partial charge in [-0.2, -0.15) is 5.10 Å². The highest BCUT2D eigenvalue weighted by Crippen LogP contribution is 2.39. The number of hydrazine groups is 1.